The van der Waals surface area contributed by atoms with Crippen LogP contribution >= 0.6 is 0 Å². The lowest BCUT2D eigenvalue weighted by atomic mass is 9.86. The van der Waals surface area contributed by atoms with E-state index in [2.05, 4.69) is 10.4 Å². The Balaban J connectivity index is 1.59. The summed E-state index contributed by atoms with van der Waals surface area (Å²) in [5.74, 6) is -0.480. The van der Waals surface area contributed by atoms with Gasteiger partial charge in [-0.25, -0.2) is 14.3 Å². The Morgan fingerprint density at radius 2 is 1.74 bits per heavy atom. The van der Waals surface area contributed by atoms with Crippen molar-refractivity contribution >= 4 is 34.5 Å². The minimum Gasteiger partial charge on any atom is -0.468 e. The molecule has 10 nitrogen and oxygen atoms in total. The maximum Gasteiger partial charge on any atom is 0.315 e. The highest BCUT2D eigenvalue weighted by Gasteiger charge is 2.32. The predicted octanol–water partition coefficient (Wildman–Crippen LogP) is 5.02. The number of anilines is 2. The van der Waals surface area contributed by atoms with E-state index >= 15 is 4.39 Å². The molecule has 0 spiro atoms. The minimum atomic E-state index is -0.889. The lowest BCUT2D eigenvalue weighted by molar-refractivity contribution is -0.657. The highest BCUT2D eigenvalue weighted by molar-refractivity contribution is 5.93. The number of nitrogens with zero attached hydrogens (tertiary/aromatic N) is 4. The largest absolute Gasteiger partial charge is 0.468 e. The summed E-state index contributed by atoms with van der Waals surface area (Å²) < 4.78 is 24.5. The Labute approximate surface area is 271 Å². The van der Waals surface area contributed by atoms with E-state index in [4.69, 9.17) is 4.74 Å². The molecule has 0 unspecified atom stereocenters. The molecule has 2 aromatic carbocycles. The van der Waals surface area contributed by atoms with Gasteiger partial charge in [0.25, 0.3) is 16.9 Å². The van der Waals surface area contributed by atoms with Gasteiger partial charge in [0.1, 0.15) is 5.82 Å². The molecule has 47 heavy (non-hydrogen) atoms. The molecule has 0 bridgehead atoms. The third-order valence-electron chi connectivity index (χ3n) is 8.44. The maximum absolute atomic E-state index is 15.4. The van der Waals surface area contributed by atoms with Crippen LogP contribution in [0.2, 0.25) is 0 Å². The molecular formula is C36H37FN5O5+. The molecule has 242 valence electrons. The molecule has 3 heterocycles. The van der Waals surface area contributed by atoms with Gasteiger partial charge in [0.05, 0.1) is 43.0 Å². The summed E-state index contributed by atoms with van der Waals surface area (Å²) in [6.07, 6.45) is 5.40. The fourth-order valence-electron chi connectivity index (χ4n) is 5.52. The van der Waals surface area contributed by atoms with Crippen LogP contribution in [0, 0.1) is 5.82 Å². The number of methoxy groups -OCH3 is 1. The summed E-state index contributed by atoms with van der Waals surface area (Å²) in [7, 11) is 4.71. The number of aromatic nitrogens is 4. The maximum atomic E-state index is 15.4. The number of hydrogen-bond donors (Lipinski definition) is 1. The lowest BCUT2D eigenvalue weighted by Crippen LogP contribution is -2.37. The molecule has 0 fully saturated rings. The van der Waals surface area contributed by atoms with Gasteiger partial charge in [0.15, 0.2) is 12.0 Å². The smallest absolute Gasteiger partial charge is 0.315 e. The first-order valence-electron chi connectivity index (χ1n) is 15.0. The van der Waals surface area contributed by atoms with Gasteiger partial charge >= 0.3 is 5.97 Å². The van der Waals surface area contributed by atoms with E-state index in [-0.39, 0.29) is 39.3 Å². The number of benzene rings is 2. The van der Waals surface area contributed by atoms with Crippen molar-refractivity contribution in [2.24, 2.45) is 14.1 Å². The highest BCUT2D eigenvalue weighted by Crippen LogP contribution is 2.30. The van der Waals surface area contributed by atoms with E-state index in [0.717, 1.165) is 15.8 Å². The molecule has 0 aliphatic rings. The number of nitrogens with one attached hydrogen (secondary N) is 1. The first-order chi connectivity index (χ1) is 22.1. The van der Waals surface area contributed by atoms with Gasteiger partial charge in [0, 0.05) is 41.4 Å². The normalized spacial score (nSPS) is 11.9. The summed E-state index contributed by atoms with van der Waals surface area (Å²) in [6, 6.07) is 13.2. The molecule has 0 aliphatic heterocycles. The van der Waals surface area contributed by atoms with Crippen molar-refractivity contribution < 1.29 is 23.3 Å². The molecule has 0 radical (unpaired) electrons. The monoisotopic (exact) mass is 638 g/mol. The molecule has 0 aliphatic carbocycles. The molecular weight excluding hydrogens is 601 g/mol. The Morgan fingerprint density at radius 3 is 2.38 bits per heavy atom. The van der Waals surface area contributed by atoms with Crippen LogP contribution in [0.4, 0.5) is 15.9 Å². The zero-order chi connectivity index (χ0) is 34.4. The van der Waals surface area contributed by atoms with Crippen molar-refractivity contribution in [2.75, 3.05) is 12.4 Å². The Hall–Kier alpha value is -5.45. The Morgan fingerprint density at radius 1 is 1.02 bits per heavy atom. The van der Waals surface area contributed by atoms with Gasteiger partial charge in [-0.2, -0.15) is 9.78 Å². The van der Waals surface area contributed by atoms with Crippen LogP contribution in [0.5, 0.6) is 0 Å². The summed E-state index contributed by atoms with van der Waals surface area (Å²) in [5.41, 5.74) is 0.677. The first-order valence-corrected chi connectivity index (χ1v) is 15.0. The van der Waals surface area contributed by atoms with Gasteiger partial charge in [0.2, 0.25) is 0 Å². The molecule has 5 rings (SSSR count). The van der Waals surface area contributed by atoms with Crippen molar-refractivity contribution in [3.8, 4) is 16.8 Å². The van der Waals surface area contributed by atoms with Crippen LogP contribution < -0.4 is 21.0 Å². The van der Waals surface area contributed by atoms with Gasteiger partial charge in [-0.15, -0.1) is 0 Å². The number of esters is 1. The number of pyridine rings is 2. The van der Waals surface area contributed by atoms with Crippen molar-refractivity contribution in [1.29, 1.82) is 0 Å². The quantitative estimate of drug-likeness (QED) is 0.151. The van der Waals surface area contributed by atoms with Crippen molar-refractivity contribution in [3.05, 3.63) is 110 Å². The number of halogens is 1. The minimum absolute atomic E-state index is 0.127. The molecule has 3 aromatic heterocycles. The second-order valence-corrected chi connectivity index (χ2v) is 13.1. The Bertz CT molecular complexity index is 2190. The second-order valence-electron chi connectivity index (χ2n) is 13.1. The van der Waals surface area contributed by atoms with Gasteiger partial charge in [-0.3, -0.25) is 19.2 Å². The molecule has 0 saturated carbocycles. The number of carbonyl (C=O) groups is 2. The predicted molar refractivity (Wildman–Crippen MR) is 178 cm³/mol. The standard InChI is InChI=1S/C36H36FN5O5/c1-35(2,3)24-14-21-17-38-42(33(45)31(21)27(37)16-24)29-11-9-10-25(26(29)20-43)22-15-28(32(44)41(7)18-22)39-30-13-12-23(19-40(30)6)36(4,5)34(46)47-8/h9-20H,1-8H3/p+1. The van der Waals surface area contributed by atoms with Gasteiger partial charge < -0.3 is 9.30 Å². The summed E-state index contributed by atoms with van der Waals surface area (Å²) in [4.78, 5) is 51.8. The second kappa shape index (κ2) is 12.1. The molecule has 0 atom stereocenters. The van der Waals surface area contributed by atoms with Crippen LogP contribution in [-0.4, -0.2) is 33.7 Å². The molecule has 5 aromatic rings. The van der Waals surface area contributed by atoms with E-state index < -0.39 is 16.8 Å². The number of rotatable bonds is 7. The number of ether oxygens (including phenoxy) is 1. The zero-order valence-corrected chi connectivity index (χ0v) is 27.6. The number of fused-ring (bicyclic) bond motifs is 1. The van der Waals surface area contributed by atoms with Crippen LogP contribution in [0.15, 0.2) is 76.7 Å². The number of aryl methyl sites for hydroxylation is 2. The van der Waals surface area contributed by atoms with E-state index in [9.17, 15) is 19.2 Å². The Kier molecular flexibility index (Phi) is 8.44. The van der Waals surface area contributed by atoms with Crippen LogP contribution in [0.1, 0.15) is 56.1 Å². The van der Waals surface area contributed by atoms with Gasteiger partial charge in [-0.1, -0.05) is 32.9 Å². The first kappa shape index (κ1) is 32.9. The topological polar surface area (TPSA) is 116 Å². The third kappa shape index (κ3) is 5.96. The highest BCUT2D eigenvalue weighted by atomic mass is 19.1. The fourth-order valence-corrected chi connectivity index (χ4v) is 5.52. The lowest BCUT2D eigenvalue weighted by Gasteiger charge is -2.21. The SMILES string of the molecule is COC(=O)C(C)(C)c1ccc(Nc2cc(-c3cccc(-n4ncc5cc(C(C)(C)C)cc(F)c5c4=O)c3C=O)cn(C)c2=O)[n+](C)c1. The van der Waals surface area contributed by atoms with E-state index in [0.29, 0.717) is 28.6 Å². The molecule has 0 saturated heterocycles. The van der Waals surface area contributed by atoms with Crippen LogP contribution in [0.25, 0.3) is 27.6 Å². The van der Waals surface area contributed by atoms with E-state index in [1.165, 1.54) is 23.9 Å². The van der Waals surface area contributed by atoms with Crippen molar-refractivity contribution in [1.82, 2.24) is 14.3 Å². The number of carbonyl (C=O) groups excluding carboxylic acids is 2. The van der Waals surface area contributed by atoms with Gasteiger partial charge in [-0.05, 0) is 60.7 Å². The molecule has 11 heteroatoms. The summed E-state index contributed by atoms with van der Waals surface area (Å²) >= 11 is 0. The number of hydrogen-bond acceptors (Lipinski definition) is 7. The molecule has 1 N–H and O–H groups in total. The van der Waals surface area contributed by atoms with Crippen molar-refractivity contribution in [2.45, 2.75) is 45.4 Å². The zero-order valence-electron chi connectivity index (χ0n) is 27.6. The summed E-state index contributed by atoms with van der Waals surface area (Å²) in [6.45, 7) is 9.39. The van der Waals surface area contributed by atoms with Crippen LogP contribution in [-0.2, 0) is 34.5 Å². The third-order valence-corrected chi connectivity index (χ3v) is 8.44. The molecule has 0 amide bonds. The fraction of sp³-hybridized carbons (Fsp3) is 0.278. The number of aldehydes is 1. The van der Waals surface area contributed by atoms with E-state index in [1.54, 1.807) is 87.4 Å². The average molecular weight is 639 g/mol. The van der Waals surface area contributed by atoms with Crippen LogP contribution in [0.3, 0.4) is 0 Å². The summed E-state index contributed by atoms with van der Waals surface area (Å²) in [5, 5.41) is 7.72. The average Bonchev–Trinajstić information content (AvgIpc) is 3.02. The van der Waals surface area contributed by atoms with E-state index in [1.807, 2.05) is 20.8 Å². The van der Waals surface area contributed by atoms with Crippen molar-refractivity contribution in [3.63, 3.8) is 0 Å².